The standard InChI is InChI=1S/C19H17NO5/c1-24-19(23)17(12-5-3-2-4-6-12)25-18(22)14-7-9-15-13(11-14)8-10-16(21)20-15/h2-7,9,11,17H,8,10H2,1H3,(H,20,21)/t17-/m0/s1. The van der Waals surface area contributed by atoms with Crippen LogP contribution in [0, 0.1) is 0 Å². The van der Waals surface area contributed by atoms with Crippen LogP contribution in [-0.4, -0.2) is 25.0 Å². The van der Waals surface area contributed by atoms with Gasteiger partial charge in [-0.15, -0.1) is 0 Å². The number of hydrogen-bond acceptors (Lipinski definition) is 5. The van der Waals surface area contributed by atoms with Gasteiger partial charge in [-0.1, -0.05) is 30.3 Å². The number of anilines is 1. The summed E-state index contributed by atoms with van der Waals surface area (Å²) in [6.07, 6.45) is -0.198. The number of hydrogen-bond donors (Lipinski definition) is 1. The van der Waals surface area contributed by atoms with E-state index < -0.39 is 18.0 Å². The van der Waals surface area contributed by atoms with E-state index in [9.17, 15) is 14.4 Å². The van der Waals surface area contributed by atoms with E-state index >= 15 is 0 Å². The van der Waals surface area contributed by atoms with Crippen molar-refractivity contribution < 1.29 is 23.9 Å². The quantitative estimate of drug-likeness (QED) is 0.866. The normalized spacial score (nSPS) is 14.0. The van der Waals surface area contributed by atoms with Crippen LogP contribution in [0.5, 0.6) is 0 Å². The molecular weight excluding hydrogens is 322 g/mol. The number of aryl methyl sites for hydroxylation is 1. The number of nitrogens with one attached hydrogen (secondary N) is 1. The van der Waals surface area contributed by atoms with Crippen molar-refractivity contribution in [2.75, 3.05) is 12.4 Å². The number of fused-ring (bicyclic) bond motifs is 1. The second-order valence-corrected chi connectivity index (χ2v) is 5.64. The fourth-order valence-corrected chi connectivity index (χ4v) is 2.67. The van der Waals surface area contributed by atoms with E-state index in [1.807, 2.05) is 0 Å². The Bertz CT molecular complexity index is 816. The van der Waals surface area contributed by atoms with E-state index in [4.69, 9.17) is 9.47 Å². The van der Waals surface area contributed by atoms with Crippen LogP contribution in [0.4, 0.5) is 5.69 Å². The number of ether oxygens (including phenoxy) is 2. The highest BCUT2D eigenvalue weighted by Gasteiger charge is 2.27. The maximum absolute atomic E-state index is 12.5. The Balaban J connectivity index is 1.82. The minimum absolute atomic E-state index is 0.0438. The molecule has 6 heteroatoms. The van der Waals surface area contributed by atoms with Gasteiger partial charge in [0, 0.05) is 17.7 Å². The van der Waals surface area contributed by atoms with Crippen molar-refractivity contribution in [3.8, 4) is 0 Å². The molecule has 0 aromatic heterocycles. The van der Waals surface area contributed by atoms with Crippen molar-refractivity contribution in [1.82, 2.24) is 0 Å². The molecule has 0 bridgehead atoms. The molecule has 25 heavy (non-hydrogen) atoms. The third-order valence-electron chi connectivity index (χ3n) is 3.98. The fraction of sp³-hybridized carbons (Fsp3) is 0.211. The second-order valence-electron chi connectivity index (χ2n) is 5.64. The molecule has 1 N–H and O–H groups in total. The molecule has 1 heterocycles. The minimum atomic E-state index is -1.13. The SMILES string of the molecule is COC(=O)[C@@H](OC(=O)c1ccc2c(c1)CCC(=O)N2)c1ccccc1. The third kappa shape index (κ3) is 3.68. The number of amides is 1. The van der Waals surface area contributed by atoms with Crippen LogP contribution >= 0.6 is 0 Å². The first-order valence-corrected chi connectivity index (χ1v) is 7.85. The molecule has 0 fully saturated rings. The molecule has 0 aliphatic carbocycles. The fourth-order valence-electron chi connectivity index (χ4n) is 2.67. The van der Waals surface area contributed by atoms with Gasteiger partial charge in [-0.25, -0.2) is 9.59 Å². The van der Waals surface area contributed by atoms with Gasteiger partial charge in [0.15, 0.2) is 0 Å². The van der Waals surface area contributed by atoms with Crippen LogP contribution in [0.15, 0.2) is 48.5 Å². The van der Waals surface area contributed by atoms with Gasteiger partial charge in [0.2, 0.25) is 12.0 Å². The lowest BCUT2D eigenvalue weighted by molar-refractivity contribution is -0.151. The molecule has 0 radical (unpaired) electrons. The van der Waals surface area contributed by atoms with E-state index in [0.29, 0.717) is 29.7 Å². The van der Waals surface area contributed by atoms with Crippen molar-refractivity contribution in [1.29, 1.82) is 0 Å². The summed E-state index contributed by atoms with van der Waals surface area (Å²) in [6.45, 7) is 0. The van der Waals surface area contributed by atoms with Crippen LogP contribution in [0.1, 0.15) is 34.0 Å². The van der Waals surface area contributed by atoms with E-state index in [1.54, 1.807) is 48.5 Å². The highest BCUT2D eigenvalue weighted by atomic mass is 16.6. The smallest absolute Gasteiger partial charge is 0.351 e. The van der Waals surface area contributed by atoms with Gasteiger partial charge >= 0.3 is 11.9 Å². The summed E-state index contributed by atoms with van der Waals surface area (Å²) in [7, 11) is 1.24. The summed E-state index contributed by atoms with van der Waals surface area (Å²) >= 11 is 0. The zero-order valence-electron chi connectivity index (χ0n) is 13.7. The van der Waals surface area contributed by atoms with E-state index in [0.717, 1.165) is 5.56 Å². The molecule has 0 unspecified atom stereocenters. The van der Waals surface area contributed by atoms with Crippen molar-refractivity contribution in [3.63, 3.8) is 0 Å². The second kappa shape index (κ2) is 7.17. The van der Waals surface area contributed by atoms with Gasteiger partial charge in [0.05, 0.1) is 12.7 Å². The number of carbonyl (C=O) groups excluding carboxylic acids is 3. The average molecular weight is 339 g/mol. The number of benzene rings is 2. The molecule has 3 rings (SSSR count). The summed E-state index contributed by atoms with van der Waals surface area (Å²) < 4.78 is 10.1. The van der Waals surface area contributed by atoms with E-state index in [2.05, 4.69) is 5.32 Å². The largest absolute Gasteiger partial charge is 0.466 e. The highest BCUT2D eigenvalue weighted by molar-refractivity contribution is 5.96. The Morgan fingerprint density at radius 2 is 1.84 bits per heavy atom. The maximum atomic E-state index is 12.5. The van der Waals surface area contributed by atoms with Crippen molar-refractivity contribution >= 4 is 23.5 Å². The lowest BCUT2D eigenvalue weighted by Crippen LogP contribution is -2.22. The summed E-state index contributed by atoms with van der Waals surface area (Å²) in [5.41, 5.74) is 2.41. The Hall–Kier alpha value is -3.15. The zero-order chi connectivity index (χ0) is 17.8. The van der Waals surface area contributed by atoms with E-state index in [-0.39, 0.29) is 5.91 Å². The molecule has 2 aromatic rings. The molecule has 1 aliphatic heterocycles. The monoisotopic (exact) mass is 339 g/mol. The molecule has 1 atom stereocenters. The molecule has 1 aliphatic rings. The summed E-state index contributed by atoms with van der Waals surface area (Å²) in [5, 5.41) is 2.75. The Morgan fingerprint density at radius 3 is 2.56 bits per heavy atom. The van der Waals surface area contributed by atoms with Gasteiger partial charge in [-0.3, -0.25) is 4.79 Å². The van der Waals surface area contributed by atoms with Gasteiger partial charge in [0.25, 0.3) is 0 Å². The Kier molecular flexibility index (Phi) is 4.79. The highest BCUT2D eigenvalue weighted by Crippen LogP contribution is 2.26. The molecule has 0 spiro atoms. The van der Waals surface area contributed by atoms with Gasteiger partial charge in [0.1, 0.15) is 0 Å². The lowest BCUT2D eigenvalue weighted by atomic mass is 10.0. The molecule has 6 nitrogen and oxygen atoms in total. The van der Waals surface area contributed by atoms with Crippen LogP contribution < -0.4 is 5.32 Å². The van der Waals surface area contributed by atoms with Crippen LogP contribution in [-0.2, 0) is 25.5 Å². The van der Waals surface area contributed by atoms with Gasteiger partial charge in [-0.2, -0.15) is 0 Å². The first kappa shape index (κ1) is 16.7. The molecule has 128 valence electrons. The molecular formula is C19H17NO5. The summed E-state index contributed by atoms with van der Waals surface area (Å²) in [4.78, 5) is 35.9. The predicted molar refractivity (Wildman–Crippen MR) is 90.0 cm³/mol. The molecule has 0 saturated heterocycles. The third-order valence-corrected chi connectivity index (χ3v) is 3.98. The first-order valence-electron chi connectivity index (χ1n) is 7.85. The van der Waals surface area contributed by atoms with Crippen LogP contribution in [0.3, 0.4) is 0 Å². The minimum Gasteiger partial charge on any atom is -0.466 e. The molecule has 0 saturated carbocycles. The Labute approximate surface area is 144 Å². The Morgan fingerprint density at radius 1 is 1.08 bits per heavy atom. The first-order chi connectivity index (χ1) is 12.1. The van der Waals surface area contributed by atoms with Crippen molar-refractivity contribution in [2.24, 2.45) is 0 Å². The van der Waals surface area contributed by atoms with Crippen LogP contribution in [0.25, 0.3) is 0 Å². The molecule has 1 amide bonds. The van der Waals surface area contributed by atoms with Crippen molar-refractivity contribution in [3.05, 3.63) is 65.2 Å². The molecule has 2 aromatic carbocycles. The lowest BCUT2D eigenvalue weighted by Gasteiger charge is -2.19. The summed E-state index contributed by atoms with van der Waals surface area (Å²) in [5.74, 6) is -1.32. The van der Waals surface area contributed by atoms with Gasteiger partial charge < -0.3 is 14.8 Å². The number of carbonyl (C=O) groups is 3. The number of esters is 2. The maximum Gasteiger partial charge on any atom is 0.351 e. The number of rotatable bonds is 4. The topological polar surface area (TPSA) is 81.7 Å². The van der Waals surface area contributed by atoms with Crippen LogP contribution in [0.2, 0.25) is 0 Å². The number of methoxy groups -OCH3 is 1. The van der Waals surface area contributed by atoms with E-state index in [1.165, 1.54) is 7.11 Å². The van der Waals surface area contributed by atoms with Gasteiger partial charge in [-0.05, 0) is 30.2 Å². The predicted octanol–water partition coefficient (Wildman–Crippen LogP) is 2.64. The average Bonchev–Trinajstić information content (AvgIpc) is 2.65. The summed E-state index contributed by atoms with van der Waals surface area (Å²) in [6, 6.07) is 13.6. The van der Waals surface area contributed by atoms with Crippen molar-refractivity contribution in [2.45, 2.75) is 18.9 Å². The zero-order valence-corrected chi connectivity index (χ0v) is 13.7.